The van der Waals surface area contributed by atoms with Crippen molar-refractivity contribution in [2.24, 2.45) is 0 Å². The lowest BCUT2D eigenvalue weighted by Crippen LogP contribution is -2.52. The molecule has 1 saturated carbocycles. The third-order valence-corrected chi connectivity index (χ3v) is 6.41. The number of aromatic nitrogens is 2. The van der Waals surface area contributed by atoms with E-state index < -0.39 is 11.7 Å². The molecule has 0 spiro atoms. The van der Waals surface area contributed by atoms with Crippen molar-refractivity contribution in [3.8, 4) is 28.3 Å². The summed E-state index contributed by atoms with van der Waals surface area (Å²) in [6, 6.07) is 12.1. The van der Waals surface area contributed by atoms with Gasteiger partial charge in [-0.25, -0.2) is 19.2 Å². The summed E-state index contributed by atoms with van der Waals surface area (Å²) in [7, 11) is 3.61. The highest BCUT2D eigenvalue weighted by atomic mass is 19.1. The van der Waals surface area contributed by atoms with E-state index in [0.717, 1.165) is 16.7 Å². The molecule has 4 rings (SSSR count). The number of aliphatic hydroxyl groups excluding tert-OH is 1. The van der Waals surface area contributed by atoms with Gasteiger partial charge in [0.05, 0.1) is 18.8 Å². The lowest BCUT2D eigenvalue weighted by atomic mass is 9.79. The maximum Gasteiger partial charge on any atom is 0.319 e. The fraction of sp³-hybridized carbons (Fsp3) is 0.379. The smallest absolute Gasteiger partial charge is 0.319 e. The number of nitrogens with one attached hydrogen (secondary N) is 3. The van der Waals surface area contributed by atoms with Crippen LogP contribution in [0, 0.1) is 6.92 Å². The Morgan fingerprint density at radius 2 is 1.90 bits per heavy atom. The number of benzene rings is 1. The lowest BCUT2D eigenvalue weighted by Gasteiger charge is -2.38. The third-order valence-electron chi connectivity index (χ3n) is 6.41. The fourth-order valence-corrected chi connectivity index (χ4v) is 4.59. The molecule has 0 aliphatic heterocycles. The number of urea groups is 1. The molecule has 0 saturated heterocycles. The minimum atomic E-state index is -1.22. The number of anilines is 2. The van der Waals surface area contributed by atoms with Gasteiger partial charge in [-0.3, -0.25) is 4.79 Å². The van der Waals surface area contributed by atoms with Crippen LogP contribution in [0.4, 0.5) is 20.7 Å². The highest BCUT2D eigenvalue weighted by molar-refractivity contribution is 5.92. The van der Waals surface area contributed by atoms with Crippen molar-refractivity contribution in [1.29, 1.82) is 0 Å². The van der Waals surface area contributed by atoms with Crippen molar-refractivity contribution >= 4 is 23.4 Å². The Balaban J connectivity index is 1.61. The van der Waals surface area contributed by atoms with Crippen LogP contribution in [0.25, 0.3) is 22.4 Å². The highest BCUT2D eigenvalue weighted by Gasteiger charge is 2.41. The molecule has 0 radical (unpaired) electrons. The number of rotatable bonds is 10. The average Bonchev–Trinajstić information content (AvgIpc) is 2.87. The molecule has 0 atom stereocenters. The minimum Gasteiger partial charge on any atom is -0.475 e. The van der Waals surface area contributed by atoms with Gasteiger partial charge in [0.2, 0.25) is 11.8 Å². The van der Waals surface area contributed by atoms with Crippen molar-refractivity contribution in [1.82, 2.24) is 20.2 Å². The summed E-state index contributed by atoms with van der Waals surface area (Å²) in [6.45, 7) is 3.60. The molecule has 2 heterocycles. The monoisotopic (exact) mass is 550 g/mol. The first-order valence-electron chi connectivity index (χ1n) is 13.1. The Kier molecular flexibility index (Phi) is 8.96. The van der Waals surface area contributed by atoms with Crippen LogP contribution in [0.3, 0.4) is 0 Å². The van der Waals surface area contributed by atoms with Crippen LogP contribution >= 0.6 is 0 Å². The molecule has 1 aliphatic rings. The standard InChI is InChI=1S/C29H35FN6O4/c1-18-5-6-21(32-28(39)33-22-15-29(2,30)16-22)14-23(18)20-11-24(34-27(13-20)40-10-9-37)19-7-8-31-25(12-19)35-26(38)17-36(3)4/h5-8,11-14,22,37H,9-10,15-17H2,1-4H3,(H,31,35,38)(H2,32,33,39)/t22-,29-. The number of likely N-dealkylation sites (N-methyl/N-ethyl adjacent to an activating group) is 1. The van der Waals surface area contributed by atoms with Gasteiger partial charge in [-0.15, -0.1) is 0 Å². The maximum atomic E-state index is 13.8. The first-order valence-corrected chi connectivity index (χ1v) is 13.1. The molecule has 40 heavy (non-hydrogen) atoms. The van der Waals surface area contributed by atoms with Crippen LogP contribution in [-0.2, 0) is 4.79 Å². The lowest BCUT2D eigenvalue weighted by molar-refractivity contribution is -0.116. The number of alkyl halides is 1. The first-order chi connectivity index (χ1) is 19.0. The Bertz CT molecular complexity index is 1370. The summed E-state index contributed by atoms with van der Waals surface area (Å²) in [6.07, 6.45) is 2.18. The van der Waals surface area contributed by atoms with Gasteiger partial charge in [0.1, 0.15) is 18.1 Å². The van der Waals surface area contributed by atoms with E-state index in [1.165, 1.54) is 6.92 Å². The van der Waals surface area contributed by atoms with Crippen molar-refractivity contribution in [2.75, 3.05) is 44.5 Å². The Morgan fingerprint density at radius 1 is 1.12 bits per heavy atom. The van der Waals surface area contributed by atoms with Gasteiger partial charge in [0, 0.05) is 42.4 Å². The molecule has 3 aromatic rings. The van der Waals surface area contributed by atoms with E-state index in [0.29, 0.717) is 41.5 Å². The Labute approximate surface area is 233 Å². The van der Waals surface area contributed by atoms with E-state index in [2.05, 4.69) is 25.9 Å². The molecule has 212 valence electrons. The second kappa shape index (κ2) is 12.4. The number of ether oxygens (including phenoxy) is 1. The van der Waals surface area contributed by atoms with Gasteiger partial charge in [-0.2, -0.15) is 0 Å². The number of aliphatic hydroxyl groups is 1. The number of carbonyl (C=O) groups is 2. The molecule has 1 aromatic carbocycles. The summed E-state index contributed by atoms with van der Waals surface area (Å²) in [5.74, 6) is 0.511. The Morgan fingerprint density at radius 3 is 2.60 bits per heavy atom. The largest absolute Gasteiger partial charge is 0.475 e. The first kappa shape index (κ1) is 28.9. The zero-order valence-electron chi connectivity index (χ0n) is 23.1. The van der Waals surface area contributed by atoms with Crippen LogP contribution in [0.5, 0.6) is 5.88 Å². The topological polar surface area (TPSA) is 129 Å². The van der Waals surface area contributed by atoms with Gasteiger partial charge in [-0.05, 0) is 75.0 Å². The van der Waals surface area contributed by atoms with Crippen molar-refractivity contribution < 1.29 is 23.8 Å². The van der Waals surface area contributed by atoms with Crippen molar-refractivity contribution in [3.05, 3.63) is 54.2 Å². The number of carbonyl (C=O) groups excluding carboxylic acids is 2. The number of amides is 3. The second-order valence-corrected chi connectivity index (χ2v) is 10.5. The van der Waals surface area contributed by atoms with Crippen LogP contribution in [0.15, 0.2) is 48.7 Å². The quantitative estimate of drug-likeness (QED) is 0.300. The second-order valence-electron chi connectivity index (χ2n) is 10.5. The van der Waals surface area contributed by atoms with E-state index in [-0.39, 0.29) is 31.7 Å². The van der Waals surface area contributed by atoms with Crippen molar-refractivity contribution in [2.45, 2.75) is 38.4 Å². The highest BCUT2D eigenvalue weighted by Crippen LogP contribution is 2.36. The van der Waals surface area contributed by atoms with E-state index in [4.69, 9.17) is 4.74 Å². The summed E-state index contributed by atoms with van der Waals surface area (Å²) in [5, 5.41) is 17.7. The number of nitrogens with zero attached hydrogens (tertiary/aromatic N) is 3. The molecule has 0 unspecified atom stereocenters. The number of hydrogen-bond donors (Lipinski definition) is 4. The molecule has 0 bridgehead atoms. The number of aryl methyl sites for hydroxylation is 1. The number of hydrogen-bond acceptors (Lipinski definition) is 7. The predicted octanol–water partition coefficient (Wildman–Crippen LogP) is 4.00. The molecule has 4 N–H and O–H groups in total. The molecule has 3 amide bonds. The third kappa shape index (κ3) is 7.73. The van der Waals surface area contributed by atoms with Crippen molar-refractivity contribution in [3.63, 3.8) is 0 Å². The van der Waals surface area contributed by atoms with Crippen LogP contribution < -0.4 is 20.7 Å². The van der Waals surface area contributed by atoms with Gasteiger partial charge < -0.3 is 30.7 Å². The van der Waals surface area contributed by atoms with E-state index >= 15 is 0 Å². The number of halogens is 1. The molecule has 1 fully saturated rings. The van der Waals surface area contributed by atoms with Crippen LogP contribution in [0.1, 0.15) is 25.3 Å². The van der Waals surface area contributed by atoms with E-state index in [1.54, 1.807) is 49.5 Å². The van der Waals surface area contributed by atoms with Crippen LogP contribution in [0.2, 0.25) is 0 Å². The number of pyridine rings is 2. The molecular formula is C29H35FN6O4. The SMILES string of the molecule is Cc1ccc(NC(=O)N[C@H]2C[C@](C)(F)C2)cc1-c1cc(OCCO)nc(-c2ccnc(NC(=O)CN(C)C)c2)c1. The summed E-state index contributed by atoms with van der Waals surface area (Å²) >= 11 is 0. The van der Waals surface area contributed by atoms with Gasteiger partial charge >= 0.3 is 6.03 Å². The van der Waals surface area contributed by atoms with E-state index in [9.17, 15) is 19.1 Å². The summed E-state index contributed by atoms with van der Waals surface area (Å²) < 4.78 is 19.5. The molecule has 1 aliphatic carbocycles. The molecule has 10 nitrogen and oxygen atoms in total. The molecular weight excluding hydrogens is 515 g/mol. The van der Waals surface area contributed by atoms with Crippen LogP contribution in [-0.4, -0.2) is 77.5 Å². The summed E-state index contributed by atoms with van der Waals surface area (Å²) in [5.41, 5.74) is 3.20. The zero-order valence-corrected chi connectivity index (χ0v) is 23.1. The van der Waals surface area contributed by atoms with E-state index in [1.807, 2.05) is 25.1 Å². The molecule has 2 aromatic heterocycles. The van der Waals surface area contributed by atoms with Gasteiger partial charge in [0.25, 0.3) is 0 Å². The Hall–Kier alpha value is -4.09. The summed E-state index contributed by atoms with van der Waals surface area (Å²) in [4.78, 5) is 35.3. The maximum absolute atomic E-state index is 13.8. The van der Waals surface area contributed by atoms with Gasteiger partial charge in [0.15, 0.2) is 0 Å². The normalized spacial score (nSPS) is 18.1. The molecule has 11 heteroatoms. The predicted molar refractivity (Wildman–Crippen MR) is 152 cm³/mol. The fourth-order valence-electron chi connectivity index (χ4n) is 4.59. The van der Waals surface area contributed by atoms with Gasteiger partial charge in [-0.1, -0.05) is 6.07 Å². The minimum absolute atomic E-state index is 0.0674. The average molecular weight is 551 g/mol. The zero-order chi connectivity index (χ0) is 28.9.